The molecule has 0 aliphatic rings. The predicted octanol–water partition coefficient (Wildman–Crippen LogP) is 1.38. The van der Waals surface area contributed by atoms with E-state index in [4.69, 9.17) is 0 Å². The van der Waals surface area contributed by atoms with Crippen LogP contribution in [0.2, 0.25) is 0 Å². The number of aromatic nitrogens is 3. The molecular formula is C10H14N4S. The van der Waals surface area contributed by atoms with Crippen molar-refractivity contribution in [2.75, 3.05) is 7.05 Å². The summed E-state index contributed by atoms with van der Waals surface area (Å²) in [7, 11) is 3.89. The first kappa shape index (κ1) is 10.3. The van der Waals surface area contributed by atoms with Crippen molar-refractivity contribution in [2.45, 2.75) is 12.5 Å². The second kappa shape index (κ2) is 4.55. The molecule has 0 aliphatic heterocycles. The molecule has 0 fully saturated rings. The third-order valence-electron chi connectivity index (χ3n) is 2.43. The maximum atomic E-state index is 4.23. The van der Waals surface area contributed by atoms with E-state index in [1.165, 1.54) is 4.88 Å². The molecule has 1 atom stereocenters. The van der Waals surface area contributed by atoms with E-state index < -0.39 is 0 Å². The molecule has 1 N–H and O–H groups in total. The van der Waals surface area contributed by atoms with Crippen LogP contribution in [0.5, 0.6) is 0 Å². The number of thiophene rings is 1. The number of nitrogens with one attached hydrogen (secondary N) is 1. The Hall–Kier alpha value is -1.20. The Morgan fingerprint density at radius 1 is 1.60 bits per heavy atom. The number of likely N-dealkylation sites (N-methyl/N-ethyl adjacent to an activating group) is 1. The third-order valence-corrected chi connectivity index (χ3v) is 3.41. The van der Waals surface area contributed by atoms with Crippen LogP contribution in [0, 0.1) is 0 Å². The van der Waals surface area contributed by atoms with Gasteiger partial charge in [0.25, 0.3) is 0 Å². The zero-order valence-corrected chi connectivity index (χ0v) is 9.66. The Balaban J connectivity index is 2.13. The van der Waals surface area contributed by atoms with E-state index in [0.717, 1.165) is 12.2 Å². The summed E-state index contributed by atoms with van der Waals surface area (Å²) >= 11 is 1.76. The van der Waals surface area contributed by atoms with E-state index in [9.17, 15) is 0 Å². The van der Waals surface area contributed by atoms with E-state index >= 15 is 0 Å². The van der Waals surface area contributed by atoms with Crippen LogP contribution in [-0.4, -0.2) is 21.8 Å². The molecule has 0 saturated carbocycles. The Morgan fingerprint density at radius 2 is 2.47 bits per heavy atom. The average molecular weight is 222 g/mol. The monoisotopic (exact) mass is 222 g/mol. The quantitative estimate of drug-likeness (QED) is 0.850. The smallest absolute Gasteiger partial charge is 0.138 e. The van der Waals surface area contributed by atoms with Gasteiger partial charge in [0.2, 0.25) is 0 Å². The molecule has 2 aromatic rings. The summed E-state index contributed by atoms with van der Waals surface area (Å²) in [6.07, 6.45) is 2.46. The van der Waals surface area contributed by atoms with E-state index in [1.54, 1.807) is 17.7 Å². The van der Waals surface area contributed by atoms with E-state index in [1.807, 2.05) is 18.8 Å². The van der Waals surface area contributed by atoms with Gasteiger partial charge in [0, 0.05) is 24.4 Å². The molecule has 0 spiro atoms. The van der Waals surface area contributed by atoms with Gasteiger partial charge in [-0.3, -0.25) is 4.68 Å². The minimum atomic E-state index is 0.327. The van der Waals surface area contributed by atoms with Crippen molar-refractivity contribution in [3.8, 4) is 0 Å². The third kappa shape index (κ3) is 2.24. The van der Waals surface area contributed by atoms with Crippen molar-refractivity contribution < 1.29 is 0 Å². The molecule has 1 unspecified atom stereocenters. The maximum Gasteiger partial charge on any atom is 0.138 e. The Morgan fingerprint density at radius 3 is 3.00 bits per heavy atom. The van der Waals surface area contributed by atoms with Crippen LogP contribution in [0.1, 0.15) is 16.7 Å². The molecule has 15 heavy (non-hydrogen) atoms. The topological polar surface area (TPSA) is 42.7 Å². The first-order valence-corrected chi connectivity index (χ1v) is 5.72. The highest BCUT2D eigenvalue weighted by Gasteiger charge is 2.13. The lowest BCUT2D eigenvalue weighted by atomic mass is 10.1. The maximum absolute atomic E-state index is 4.23. The zero-order valence-electron chi connectivity index (χ0n) is 8.84. The number of hydrogen-bond acceptors (Lipinski definition) is 4. The second-order valence-electron chi connectivity index (χ2n) is 3.36. The lowest BCUT2D eigenvalue weighted by Crippen LogP contribution is -2.19. The van der Waals surface area contributed by atoms with Crippen LogP contribution in [0.15, 0.2) is 23.8 Å². The highest BCUT2D eigenvalue weighted by atomic mass is 32.1. The molecule has 2 rings (SSSR count). The largest absolute Gasteiger partial charge is 0.312 e. The van der Waals surface area contributed by atoms with Gasteiger partial charge in [0.1, 0.15) is 12.2 Å². The number of hydrogen-bond donors (Lipinski definition) is 1. The number of rotatable bonds is 4. The number of aryl methyl sites for hydroxylation is 1. The van der Waals surface area contributed by atoms with Crippen molar-refractivity contribution in [3.05, 3.63) is 34.5 Å². The van der Waals surface area contributed by atoms with Crippen molar-refractivity contribution in [1.82, 2.24) is 20.1 Å². The van der Waals surface area contributed by atoms with Gasteiger partial charge >= 0.3 is 0 Å². The standard InChI is InChI=1S/C10H14N4S/c1-11-8(9-4-3-5-15-9)6-10-12-7-13-14(10)2/h3-5,7-8,11H,6H2,1-2H3. The minimum absolute atomic E-state index is 0.327. The van der Waals surface area contributed by atoms with Gasteiger partial charge in [-0.1, -0.05) is 6.07 Å². The normalized spacial score (nSPS) is 12.9. The summed E-state index contributed by atoms with van der Waals surface area (Å²) in [6.45, 7) is 0. The summed E-state index contributed by atoms with van der Waals surface area (Å²) in [5.41, 5.74) is 0. The fraction of sp³-hybridized carbons (Fsp3) is 0.400. The summed E-state index contributed by atoms with van der Waals surface area (Å²) in [5.74, 6) is 1.00. The van der Waals surface area contributed by atoms with Crippen LogP contribution < -0.4 is 5.32 Å². The fourth-order valence-electron chi connectivity index (χ4n) is 1.52. The molecule has 0 radical (unpaired) electrons. The molecule has 4 nitrogen and oxygen atoms in total. The molecular weight excluding hydrogens is 208 g/mol. The van der Waals surface area contributed by atoms with E-state index in [2.05, 4.69) is 32.9 Å². The van der Waals surface area contributed by atoms with Gasteiger partial charge in [-0.15, -0.1) is 11.3 Å². The highest BCUT2D eigenvalue weighted by Crippen LogP contribution is 2.21. The van der Waals surface area contributed by atoms with Gasteiger partial charge in [-0.05, 0) is 18.5 Å². The van der Waals surface area contributed by atoms with Crippen LogP contribution in [0.3, 0.4) is 0 Å². The van der Waals surface area contributed by atoms with Crippen molar-refractivity contribution >= 4 is 11.3 Å². The van der Waals surface area contributed by atoms with Crippen molar-refractivity contribution in [2.24, 2.45) is 7.05 Å². The van der Waals surface area contributed by atoms with Crippen molar-refractivity contribution in [1.29, 1.82) is 0 Å². The molecule has 5 heteroatoms. The Labute approximate surface area is 93.0 Å². The second-order valence-corrected chi connectivity index (χ2v) is 4.34. The highest BCUT2D eigenvalue weighted by molar-refractivity contribution is 7.10. The van der Waals surface area contributed by atoms with Crippen LogP contribution in [-0.2, 0) is 13.5 Å². The first-order valence-electron chi connectivity index (χ1n) is 4.85. The molecule has 80 valence electrons. The van der Waals surface area contributed by atoms with E-state index in [0.29, 0.717) is 6.04 Å². The lowest BCUT2D eigenvalue weighted by molar-refractivity contribution is 0.561. The number of nitrogens with zero attached hydrogens (tertiary/aromatic N) is 3. The SMILES string of the molecule is CNC(Cc1ncnn1C)c1cccs1. The summed E-state index contributed by atoms with van der Waals surface area (Å²) in [6, 6.07) is 4.54. The summed E-state index contributed by atoms with van der Waals surface area (Å²) in [4.78, 5) is 5.56. The fourth-order valence-corrected chi connectivity index (χ4v) is 2.36. The Kier molecular flexibility index (Phi) is 3.13. The van der Waals surface area contributed by atoms with Gasteiger partial charge in [0.05, 0.1) is 0 Å². The van der Waals surface area contributed by atoms with Crippen LogP contribution >= 0.6 is 11.3 Å². The summed E-state index contributed by atoms with van der Waals surface area (Å²) < 4.78 is 1.82. The van der Waals surface area contributed by atoms with Crippen LogP contribution in [0.25, 0.3) is 0 Å². The molecule has 0 aromatic carbocycles. The lowest BCUT2D eigenvalue weighted by Gasteiger charge is -2.13. The zero-order chi connectivity index (χ0) is 10.7. The molecule has 0 aliphatic carbocycles. The minimum Gasteiger partial charge on any atom is -0.312 e. The predicted molar refractivity (Wildman–Crippen MR) is 60.8 cm³/mol. The molecule has 0 amide bonds. The first-order chi connectivity index (χ1) is 7.31. The summed E-state index contributed by atoms with van der Waals surface area (Å²) in [5, 5.41) is 9.46. The molecule has 2 aromatic heterocycles. The van der Waals surface area contributed by atoms with Gasteiger partial charge in [-0.25, -0.2) is 4.98 Å². The van der Waals surface area contributed by atoms with Gasteiger partial charge in [0.15, 0.2) is 0 Å². The van der Waals surface area contributed by atoms with Crippen LogP contribution in [0.4, 0.5) is 0 Å². The van der Waals surface area contributed by atoms with E-state index in [-0.39, 0.29) is 0 Å². The average Bonchev–Trinajstić information content (AvgIpc) is 2.86. The molecule has 0 saturated heterocycles. The molecule has 2 heterocycles. The molecule has 0 bridgehead atoms. The van der Waals surface area contributed by atoms with Gasteiger partial charge < -0.3 is 5.32 Å². The van der Waals surface area contributed by atoms with Crippen molar-refractivity contribution in [3.63, 3.8) is 0 Å². The van der Waals surface area contributed by atoms with Gasteiger partial charge in [-0.2, -0.15) is 5.10 Å². The Bertz CT molecular complexity index is 407.